The molecule has 0 fully saturated rings. The lowest BCUT2D eigenvalue weighted by Crippen LogP contribution is -2.30. The second-order valence-corrected chi connectivity index (χ2v) is 11.6. The van der Waals surface area contributed by atoms with Crippen molar-refractivity contribution < 1.29 is 14.2 Å². The van der Waals surface area contributed by atoms with E-state index in [2.05, 4.69) is 70.6 Å². The third-order valence-corrected chi connectivity index (χ3v) is 8.77. The fourth-order valence-electron chi connectivity index (χ4n) is 6.70. The van der Waals surface area contributed by atoms with E-state index in [0.717, 1.165) is 64.5 Å². The van der Waals surface area contributed by atoms with Crippen LogP contribution in [0.4, 0.5) is 0 Å². The molecule has 6 heteroatoms. The monoisotopic (exact) mass is 581 g/mol. The molecule has 0 bridgehead atoms. The van der Waals surface area contributed by atoms with E-state index < -0.39 is 0 Å². The quantitative estimate of drug-likeness (QED) is 0.182. The number of fused-ring (bicyclic) bond motifs is 2. The highest BCUT2D eigenvalue weighted by Gasteiger charge is 2.41. The minimum absolute atomic E-state index is 0.194. The molecule has 1 aliphatic carbocycles. The summed E-state index contributed by atoms with van der Waals surface area (Å²) in [4.78, 5) is 13.1. The average Bonchev–Trinajstić information content (AvgIpc) is 3.66. The number of hydrogen-bond acceptors (Lipinski definition) is 5. The smallest absolute Gasteiger partial charge is 0.146 e. The van der Waals surface area contributed by atoms with Crippen molar-refractivity contribution in [3.8, 4) is 17.2 Å². The minimum Gasteiger partial charge on any atom is -0.496 e. The van der Waals surface area contributed by atoms with Crippen LogP contribution in [-0.4, -0.2) is 29.2 Å². The molecule has 0 amide bonds. The van der Waals surface area contributed by atoms with Gasteiger partial charge in [-0.3, -0.25) is 4.98 Å². The Morgan fingerprint density at radius 2 is 1.52 bits per heavy atom. The first-order chi connectivity index (χ1) is 21.6. The van der Waals surface area contributed by atoms with Gasteiger partial charge in [0.15, 0.2) is 0 Å². The lowest BCUT2D eigenvalue weighted by Gasteiger charge is -2.31. The Morgan fingerprint density at radius 3 is 2.34 bits per heavy atom. The van der Waals surface area contributed by atoms with Crippen LogP contribution in [0.25, 0.3) is 11.0 Å². The lowest BCUT2D eigenvalue weighted by atomic mass is 9.72. The molecule has 1 N–H and O–H groups in total. The summed E-state index contributed by atoms with van der Waals surface area (Å²) in [5.41, 5.74) is 9.09. The summed E-state index contributed by atoms with van der Waals surface area (Å²) >= 11 is 0. The van der Waals surface area contributed by atoms with Gasteiger partial charge in [-0.05, 0) is 83.5 Å². The predicted molar refractivity (Wildman–Crippen MR) is 173 cm³/mol. The number of pyridine rings is 1. The number of nitrogens with one attached hydrogen (secondary N) is 1. The third-order valence-electron chi connectivity index (χ3n) is 8.77. The summed E-state index contributed by atoms with van der Waals surface area (Å²) in [5, 5.41) is 0. The SMILES string of the molecule is COc1ccccc1Cc1nc2c(OC)ccc(C3(Cc4ccncc4)Cc4ccc(OCc5ccccc5)cc4C3)c2[nH]1. The second kappa shape index (κ2) is 11.9. The molecular formula is C38H35N3O3. The Balaban J connectivity index is 1.28. The number of nitrogens with zero attached hydrogens (tertiary/aromatic N) is 2. The van der Waals surface area contributed by atoms with Gasteiger partial charge in [0.25, 0.3) is 0 Å². The molecule has 0 saturated heterocycles. The molecule has 4 aromatic carbocycles. The second-order valence-electron chi connectivity index (χ2n) is 11.6. The maximum absolute atomic E-state index is 6.24. The van der Waals surface area contributed by atoms with Crippen LogP contribution >= 0.6 is 0 Å². The predicted octanol–water partition coefficient (Wildman–Crippen LogP) is 7.42. The van der Waals surface area contributed by atoms with Crippen molar-refractivity contribution in [3.05, 3.63) is 149 Å². The fourth-order valence-corrected chi connectivity index (χ4v) is 6.70. The molecular weight excluding hydrogens is 546 g/mol. The van der Waals surface area contributed by atoms with E-state index in [0.29, 0.717) is 13.0 Å². The van der Waals surface area contributed by atoms with E-state index in [1.54, 1.807) is 14.2 Å². The van der Waals surface area contributed by atoms with Crippen LogP contribution in [0.3, 0.4) is 0 Å². The van der Waals surface area contributed by atoms with Gasteiger partial charge in [0.2, 0.25) is 0 Å². The number of hydrogen-bond donors (Lipinski definition) is 1. The molecule has 6 aromatic rings. The van der Waals surface area contributed by atoms with Crippen molar-refractivity contribution in [2.75, 3.05) is 14.2 Å². The Morgan fingerprint density at radius 1 is 0.750 bits per heavy atom. The number of aromatic nitrogens is 3. The summed E-state index contributed by atoms with van der Waals surface area (Å²) < 4.78 is 17.7. The van der Waals surface area contributed by atoms with E-state index in [1.807, 2.05) is 48.8 Å². The van der Waals surface area contributed by atoms with Gasteiger partial charge in [0, 0.05) is 29.8 Å². The van der Waals surface area contributed by atoms with Gasteiger partial charge in [-0.25, -0.2) is 4.98 Å². The summed E-state index contributed by atoms with van der Waals surface area (Å²) in [5.74, 6) is 3.39. The normalized spacial score (nSPS) is 15.7. The van der Waals surface area contributed by atoms with Gasteiger partial charge < -0.3 is 19.2 Å². The molecule has 6 nitrogen and oxygen atoms in total. The average molecular weight is 582 g/mol. The van der Waals surface area contributed by atoms with Crippen LogP contribution in [0.5, 0.6) is 17.2 Å². The fraction of sp³-hybridized carbons (Fsp3) is 0.211. The first-order valence-corrected chi connectivity index (χ1v) is 15.0. The highest BCUT2D eigenvalue weighted by molar-refractivity contribution is 5.86. The maximum atomic E-state index is 6.24. The van der Waals surface area contributed by atoms with Crippen LogP contribution < -0.4 is 14.2 Å². The molecule has 0 spiro atoms. The Kier molecular flexibility index (Phi) is 7.49. The molecule has 2 aromatic heterocycles. The Labute approximate surface area is 257 Å². The van der Waals surface area contributed by atoms with Crippen LogP contribution in [0, 0.1) is 0 Å². The molecule has 44 heavy (non-hydrogen) atoms. The first-order valence-electron chi connectivity index (χ1n) is 15.0. The number of para-hydroxylation sites is 1. The molecule has 0 radical (unpaired) electrons. The number of methoxy groups -OCH3 is 2. The number of imidazole rings is 1. The van der Waals surface area contributed by atoms with Crippen molar-refractivity contribution >= 4 is 11.0 Å². The number of benzene rings is 4. The summed E-state index contributed by atoms with van der Waals surface area (Å²) in [6, 6.07) is 33.5. The number of rotatable bonds is 10. The van der Waals surface area contributed by atoms with Gasteiger partial charge in [-0.2, -0.15) is 0 Å². The molecule has 2 heterocycles. The van der Waals surface area contributed by atoms with Gasteiger partial charge in [0.05, 0.1) is 19.7 Å². The Bertz CT molecular complexity index is 1900. The zero-order chi connectivity index (χ0) is 29.9. The Hall–Kier alpha value is -5.10. The molecule has 1 unspecified atom stereocenters. The molecule has 1 aliphatic rings. The zero-order valence-electron chi connectivity index (χ0n) is 25.0. The topological polar surface area (TPSA) is 69.3 Å². The van der Waals surface area contributed by atoms with Gasteiger partial charge in [0.1, 0.15) is 35.2 Å². The van der Waals surface area contributed by atoms with Crippen molar-refractivity contribution in [2.45, 2.75) is 37.7 Å². The third kappa shape index (κ3) is 5.39. The van der Waals surface area contributed by atoms with E-state index >= 15 is 0 Å². The van der Waals surface area contributed by atoms with E-state index in [-0.39, 0.29) is 5.41 Å². The highest BCUT2D eigenvalue weighted by Crippen LogP contribution is 2.46. The van der Waals surface area contributed by atoms with Gasteiger partial charge >= 0.3 is 0 Å². The van der Waals surface area contributed by atoms with E-state index in [4.69, 9.17) is 19.2 Å². The van der Waals surface area contributed by atoms with Crippen LogP contribution in [0.2, 0.25) is 0 Å². The molecule has 0 aliphatic heterocycles. The van der Waals surface area contributed by atoms with Gasteiger partial charge in [-0.1, -0.05) is 60.7 Å². The van der Waals surface area contributed by atoms with Crippen LogP contribution in [-0.2, 0) is 37.7 Å². The zero-order valence-corrected chi connectivity index (χ0v) is 25.0. The standard InChI is InChI=1S/C38H35N3O3/c1-42-33-11-7-6-10-28(33)21-35-40-36-32(14-15-34(43-2)37(36)41-35)38(22-26-16-18-39-19-17-26)23-29-12-13-31(20-30(29)24-38)44-25-27-8-4-3-5-9-27/h3-20H,21-25H2,1-2H3,(H,40,41). The minimum atomic E-state index is -0.194. The molecule has 7 rings (SSSR count). The number of H-pyrrole nitrogens is 1. The van der Waals surface area contributed by atoms with Crippen molar-refractivity contribution in [1.82, 2.24) is 15.0 Å². The van der Waals surface area contributed by atoms with Crippen molar-refractivity contribution in [1.29, 1.82) is 0 Å². The molecule has 220 valence electrons. The summed E-state index contributed by atoms with van der Waals surface area (Å²) in [6.07, 6.45) is 7.05. The first kappa shape index (κ1) is 27.7. The molecule has 1 atom stereocenters. The number of aromatic amines is 1. The van der Waals surface area contributed by atoms with E-state index in [1.165, 1.54) is 22.3 Å². The highest BCUT2D eigenvalue weighted by atomic mass is 16.5. The van der Waals surface area contributed by atoms with E-state index in [9.17, 15) is 0 Å². The maximum Gasteiger partial charge on any atom is 0.146 e. The summed E-state index contributed by atoms with van der Waals surface area (Å²) in [6.45, 7) is 0.546. The lowest BCUT2D eigenvalue weighted by molar-refractivity contribution is 0.306. The molecule has 0 saturated carbocycles. The van der Waals surface area contributed by atoms with Crippen LogP contribution in [0.15, 0.2) is 109 Å². The largest absolute Gasteiger partial charge is 0.496 e. The summed E-state index contributed by atoms with van der Waals surface area (Å²) in [7, 11) is 3.41. The number of ether oxygens (including phenoxy) is 3. The van der Waals surface area contributed by atoms with Crippen molar-refractivity contribution in [2.24, 2.45) is 0 Å². The van der Waals surface area contributed by atoms with Crippen molar-refractivity contribution in [3.63, 3.8) is 0 Å². The van der Waals surface area contributed by atoms with Gasteiger partial charge in [-0.15, -0.1) is 0 Å². The van der Waals surface area contributed by atoms with Crippen LogP contribution in [0.1, 0.15) is 39.2 Å².